The number of nitrogens with one attached hydrogen (secondary N) is 1. The van der Waals surface area contributed by atoms with Crippen LogP contribution < -0.4 is 15.1 Å². The molecule has 4 aromatic rings. The molecule has 0 saturated carbocycles. The lowest BCUT2D eigenvalue weighted by molar-refractivity contribution is -0.137. The highest BCUT2D eigenvalue weighted by Gasteiger charge is 2.57. The molecule has 3 atom stereocenters. The van der Waals surface area contributed by atoms with Gasteiger partial charge in [-0.2, -0.15) is 13.2 Å². The van der Waals surface area contributed by atoms with Crippen LogP contribution in [-0.2, 0) is 27.1 Å². The van der Waals surface area contributed by atoms with E-state index in [1.807, 2.05) is 0 Å². The van der Waals surface area contributed by atoms with Gasteiger partial charge in [-0.1, -0.05) is 41.3 Å². The van der Waals surface area contributed by atoms with Gasteiger partial charge in [-0.3, -0.25) is 23.7 Å². The Labute approximate surface area is 248 Å². The fourth-order valence-electron chi connectivity index (χ4n) is 5.25. The summed E-state index contributed by atoms with van der Waals surface area (Å²) in [6, 6.07) is 14.8. The number of phenols is 1. The van der Waals surface area contributed by atoms with Crippen molar-refractivity contribution < 1.29 is 37.1 Å². The summed E-state index contributed by atoms with van der Waals surface area (Å²) in [5.74, 6) is -4.67. The van der Waals surface area contributed by atoms with E-state index in [2.05, 4.69) is 5.32 Å². The Bertz CT molecular complexity index is 1820. The van der Waals surface area contributed by atoms with E-state index < -0.39 is 63.8 Å². The second-order valence-corrected chi connectivity index (χ2v) is 12.0. The molecule has 6 rings (SSSR count). The third-order valence-corrected chi connectivity index (χ3v) is 9.77. The predicted octanol–water partition coefficient (Wildman–Crippen LogP) is 5.21. The van der Waals surface area contributed by atoms with E-state index in [0.717, 1.165) is 46.2 Å². The number of fused-ring (bicyclic) bond motifs is 2. The predicted molar refractivity (Wildman–Crippen MR) is 151 cm³/mol. The molecule has 0 aliphatic carbocycles. The van der Waals surface area contributed by atoms with Crippen molar-refractivity contribution >= 4 is 52.2 Å². The highest BCUT2D eigenvalue weighted by atomic mass is 32.2. The summed E-state index contributed by atoms with van der Waals surface area (Å²) in [5.41, 5.74) is -0.486. The number of amides is 3. The first-order valence-corrected chi connectivity index (χ1v) is 14.4. The van der Waals surface area contributed by atoms with Crippen LogP contribution in [-0.4, -0.2) is 32.6 Å². The van der Waals surface area contributed by atoms with Crippen molar-refractivity contribution in [2.24, 2.45) is 5.92 Å². The minimum absolute atomic E-state index is 0.00568. The van der Waals surface area contributed by atoms with Gasteiger partial charge in [0.15, 0.2) is 0 Å². The summed E-state index contributed by atoms with van der Waals surface area (Å²) in [6.45, 7) is -0.439. The van der Waals surface area contributed by atoms with E-state index in [1.54, 1.807) is 0 Å². The number of halogens is 4. The van der Waals surface area contributed by atoms with Crippen molar-refractivity contribution in [2.75, 3.05) is 10.2 Å². The average molecular weight is 630 g/mol. The summed E-state index contributed by atoms with van der Waals surface area (Å²) < 4.78 is 55.4. The fraction of sp³-hybridized carbons (Fsp3) is 0.172. The van der Waals surface area contributed by atoms with Gasteiger partial charge >= 0.3 is 11.0 Å². The molecule has 2 aliphatic rings. The Balaban J connectivity index is 1.40. The number of carbonyl (C=O) groups is 3. The second-order valence-electron chi connectivity index (χ2n) is 9.87. The average Bonchev–Trinajstić information content (AvgIpc) is 3.40. The molecule has 1 saturated heterocycles. The number of thiazole rings is 1. The number of hydrogen-bond donors (Lipinski definition) is 2. The smallest absolute Gasteiger partial charge is 0.416 e. The highest BCUT2D eigenvalue weighted by Crippen LogP contribution is 2.54. The SMILES string of the molecule is O=C(Cn1c2c(sc1=O)C(c1ccc(F)cc1)C1C(=O)N(c3cccc(C(F)(F)F)c3)C(=O)C1S2)Nc1ccc(O)cc1. The third kappa shape index (κ3) is 5.20. The van der Waals surface area contributed by atoms with E-state index in [-0.39, 0.29) is 16.5 Å². The number of anilines is 2. The molecule has 8 nitrogen and oxygen atoms in total. The Kier molecular flexibility index (Phi) is 7.13. The fourth-order valence-corrected chi connectivity index (χ4v) is 8.02. The molecule has 3 amide bonds. The van der Waals surface area contributed by atoms with E-state index in [1.165, 1.54) is 59.2 Å². The number of phenolic OH excluding ortho intramolecular Hbond substituents is 1. The Hall–Kier alpha value is -4.43. The van der Waals surface area contributed by atoms with Crippen LogP contribution in [0.1, 0.15) is 21.9 Å². The molecule has 43 heavy (non-hydrogen) atoms. The number of thioether (sulfide) groups is 1. The van der Waals surface area contributed by atoms with Crippen LogP contribution in [0.3, 0.4) is 0 Å². The maximum atomic E-state index is 13.9. The third-order valence-electron chi connectivity index (χ3n) is 7.16. The molecule has 1 fully saturated rings. The van der Waals surface area contributed by atoms with Gasteiger partial charge in [0.2, 0.25) is 17.7 Å². The van der Waals surface area contributed by atoms with Crippen LogP contribution in [0, 0.1) is 11.7 Å². The first-order chi connectivity index (χ1) is 20.4. The molecule has 14 heteroatoms. The number of benzene rings is 3. The van der Waals surface area contributed by atoms with Gasteiger partial charge in [0.1, 0.15) is 23.4 Å². The van der Waals surface area contributed by atoms with Crippen molar-refractivity contribution in [3.63, 3.8) is 0 Å². The topological polar surface area (TPSA) is 109 Å². The van der Waals surface area contributed by atoms with Gasteiger partial charge in [-0.15, -0.1) is 0 Å². The number of aromatic nitrogens is 1. The minimum Gasteiger partial charge on any atom is -0.508 e. The van der Waals surface area contributed by atoms with Gasteiger partial charge in [-0.25, -0.2) is 9.29 Å². The molecule has 1 aromatic heterocycles. The van der Waals surface area contributed by atoms with E-state index in [4.69, 9.17) is 0 Å². The number of rotatable bonds is 5. The van der Waals surface area contributed by atoms with Crippen LogP contribution >= 0.6 is 23.1 Å². The minimum atomic E-state index is -4.71. The summed E-state index contributed by atoms with van der Waals surface area (Å²) in [5, 5.41) is 11.2. The van der Waals surface area contributed by atoms with Gasteiger partial charge in [-0.05, 0) is 60.2 Å². The van der Waals surface area contributed by atoms with Crippen molar-refractivity contribution in [1.82, 2.24) is 4.57 Å². The first kappa shape index (κ1) is 28.7. The molecule has 3 heterocycles. The molecule has 0 bridgehead atoms. The second kappa shape index (κ2) is 10.7. The van der Waals surface area contributed by atoms with Crippen LogP contribution in [0.25, 0.3) is 0 Å². The molecular formula is C29H19F4N3O5S2. The zero-order chi connectivity index (χ0) is 30.6. The molecule has 3 aromatic carbocycles. The lowest BCUT2D eigenvalue weighted by Crippen LogP contribution is -2.33. The summed E-state index contributed by atoms with van der Waals surface area (Å²) in [6.07, 6.45) is -4.71. The van der Waals surface area contributed by atoms with Crippen LogP contribution in [0.4, 0.5) is 28.9 Å². The molecule has 2 aliphatic heterocycles. The van der Waals surface area contributed by atoms with E-state index in [9.17, 15) is 41.8 Å². The molecule has 0 spiro atoms. The lowest BCUT2D eigenvalue weighted by Gasteiger charge is -2.30. The van der Waals surface area contributed by atoms with Crippen LogP contribution in [0.2, 0.25) is 0 Å². The monoisotopic (exact) mass is 629 g/mol. The van der Waals surface area contributed by atoms with E-state index >= 15 is 0 Å². The van der Waals surface area contributed by atoms with Crippen molar-refractivity contribution in [3.05, 3.63) is 104 Å². The lowest BCUT2D eigenvalue weighted by atomic mass is 9.83. The van der Waals surface area contributed by atoms with Crippen molar-refractivity contribution in [3.8, 4) is 5.75 Å². The zero-order valence-corrected chi connectivity index (χ0v) is 23.3. The quantitative estimate of drug-likeness (QED) is 0.178. The first-order valence-electron chi connectivity index (χ1n) is 12.7. The number of nitrogens with zero attached hydrogens (tertiary/aromatic N) is 2. The molecule has 3 unspecified atom stereocenters. The summed E-state index contributed by atoms with van der Waals surface area (Å²) in [4.78, 5) is 54.2. The molecular weight excluding hydrogens is 610 g/mol. The zero-order valence-electron chi connectivity index (χ0n) is 21.7. The van der Waals surface area contributed by atoms with Crippen molar-refractivity contribution in [2.45, 2.75) is 28.9 Å². The Morgan fingerprint density at radius 2 is 1.65 bits per heavy atom. The number of aromatic hydroxyl groups is 1. The number of alkyl halides is 3. The normalized spacial score (nSPS) is 19.7. The van der Waals surface area contributed by atoms with Crippen LogP contribution in [0.15, 0.2) is 82.6 Å². The highest BCUT2D eigenvalue weighted by molar-refractivity contribution is 8.00. The standard InChI is InChI=1S/C29H19F4N3O5S2/c30-16-6-4-14(5-7-16)21-22-23(26(40)36(25(22)39)18-3-1-2-15(12-18)29(31,32)33)42-27-24(21)43-28(41)35(27)13-20(38)34-17-8-10-19(37)11-9-17/h1-12,21-23,37H,13H2,(H,34,38). The molecule has 220 valence electrons. The Morgan fingerprint density at radius 3 is 2.33 bits per heavy atom. The number of hydrogen-bond acceptors (Lipinski definition) is 7. The maximum absolute atomic E-state index is 13.9. The number of carbonyl (C=O) groups excluding carboxylic acids is 3. The van der Waals surface area contributed by atoms with Gasteiger partial charge in [0, 0.05) is 16.5 Å². The van der Waals surface area contributed by atoms with Gasteiger partial charge in [0.25, 0.3) is 0 Å². The van der Waals surface area contributed by atoms with Crippen molar-refractivity contribution in [1.29, 1.82) is 0 Å². The van der Waals surface area contributed by atoms with Gasteiger partial charge < -0.3 is 10.4 Å². The summed E-state index contributed by atoms with van der Waals surface area (Å²) >= 11 is 1.68. The van der Waals surface area contributed by atoms with Gasteiger partial charge in [0.05, 0.1) is 22.2 Å². The van der Waals surface area contributed by atoms with Crippen LogP contribution in [0.5, 0.6) is 5.75 Å². The molecule has 2 N–H and O–H groups in total. The summed E-state index contributed by atoms with van der Waals surface area (Å²) in [7, 11) is 0. The largest absolute Gasteiger partial charge is 0.508 e. The van der Waals surface area contributed by atoms with E-state index in [0.29, 0.717) is 16.1 Å². The molecule has 0 radical (unpaired) electrons. The Morgan fingerprint density at radius 1 is 0.953 bits per heavy atom. The maximum Gasteiger partial charge on any atom is 0.416 e. The number of imide groups is 1.